The Morgan fingerprint density at radius 1 is 0.466 bits per heavy atom. The summed E-state index contributed by atoms with van der Waals surface area (Å²) in [4.78, 5) is 10.7. The number of aliphatic imine (C=N–C) groups is 2. The molecule has 0 radical (unpaired) electrons. The lowest BCUT2D eigenvalue weighted by Gasteiger charge is -2.24. The first-order chi connectivity index (χ1) is 28.7. The monoisotopic (exact) mass is 742 g/mol. The number of rotatable bonds is 5. The predicted molar refractivity (Wildman–Crippen MR) is 240 cm³/mol. The first-order valence-corrected chi connectivity index (χ1v) is 19.7. The number of fused-ring (bicyclic) bond motifs is 8. The molecule has 5 nitrogen and oxygen atoms in total. The lowest BCUT2D eigenvalue weighted by atomic mass is 10.0. The first kappa shape index (κ1) is 32.5. The summed E-state index contributed by atoms with van der Waals surface area (Å²) in [5, 5.41) is 13.0. The van der Waals surface area contributed by atoms with E-state index in [1.807, 2.05) is 18.2 Å². The minimum Gasteiger partial charge on any atom is -0.455 e. The number of amidine groups is 2. The largest absolute Gasteiger partial charge is 0.455 e. The molecular weight excluding hydrogens is 709 g/mol. The van der Waals surface area contributed by atoms with Gasteiger partial charge in [0.15, 0.2) is 5.84 Å². The SMILES string of the molecule is c1ccc(-c2cccc(C3N=C(c4ccc5ccccc5c4)N=C(c4cc(-n5c6ccccc6c6cc7ccccc7cc65)cc5c4oc4ccccc45)N3)c2)cc1. The van der Waals surface area contributed by atoms with Gasteiger partial charge in [-0.3, -0.25) is 0 Å². The number of benzene rings is 9. The van der Waals surface area contributed by atoms with Crippen molar-refractivity contribution in [2.45, 2.75) is 6.17 Å². The third-order valence-corrected chi connectivity index (χ3v) is 11.6. The molecule has 1 atom stereocenters. The van der Waals surface area contributed by atoms with E-state index in [2.05, 4.69) is 186 Å². The van der Waals surface area contributed by atoms with Gasteiger partial charge in [0, 0.05) is 32.8 Å². The summed E-state index contributed by atoms with van der Waals surface area (Å²) >= 11 is 0. The summed E-state index contributed by atoms with van der Waals surface area (Å²) in [6.07, 6.45) is -0.416. The van der Waals surface area contributed by atoms with Gasteiger partial charge in [0.05, 0.1) is 16.6 Å². The van der Waals surface area contributed by atoms with Gasteiger partial charge < -0.3 is 14.3 Å². The Bertz CT molecular complexity index is 3500. The van der Waals surface area contributed by atoms with Crippen LogP contribution in [0.4, 0.5) is 0 Å². The van der Waals surface area contributed by atoms with E-state index in [1.54, 1.807) is 0 Å². The molecule has 0 saturated heterocycles. The predicted octanol–water partition coefficient (Wildman–Crippen LogP) is 13.2. The number of furan rings is 1. The Morgan fingerprint density at radius 2 is 1.17 bits per heavy atom. The second-order valence-electron chi connectivity index (χ2n) is 15.1. The molecule has 1 aliphatic heterocycles. The smallest absolute Gasteiger partial charge is 0.159 e. The van der Waals surface area contributed by atoms with Gasteiger partial charge in [0.2, 0.25) is 0 Å². The fraction of sp³-hybridized carbons (Fsp3) is 0.0189. The molecule has 58 heavy (non-hydrogen) atoms. The van der Waals surface area contributed by atoms with E-state index in [1.165, 1.54) is 26.9 Å². The standard InChI is InChI=1S/C53H34N4O/c1-2-13-33(14-3-1)36-19-12-20-39(27-36)51-54-52(40-26-25-34-15-4-5-16-35(34)28-40)56-53(55-51)46-32-41(31-45-43-22-9-11-24-49(43)58-50(45)46)57-47-23-10-8-21-42(47)44-29-37-17-6-7-18-38(37)30-48(44)57/h1-32,51H,(H,54,55,56). The van der Waals surface area contributed by atoms with Crippen molar-refractivity contribution in [1.82, 2.24) is 9.88 Å². The van der Waals surface area contributed by atoms with Gasteiger partial charge in [-0.2, -0.15) is 0 Å². The molecule has 1 N–H and O–H groups in total. The fourth-order valence-electron chi connectivity index (χ4n) is 8.78. The molecule has 0 bridgehead atoms. The highest BCUT2D eigenvalue weighted by Gasteiger charge is 2.26. The number of nitrogens with one attached hydrogen (secondary N) is 1. The zero-order valence-electron chi connectivity index (χ0n) is 31.3. The van der Waals surface area contributed by atoms with Crippen molar-refractivity contribution in [3.63, 3.8) is 0 Å². The van der Waals surface area contributed by atoms with Gasteiger partial charge in [-0.05, 0) is 86.8 Å². The number of para-hydroxylation sites is 2. The Morgan fingerprint density at radius 3 is 2.03 bits per heavy atom. The van der Waals surface area contributed by atoms with Gasteiger partial charge in [0.25, 0.3) is 0 Å². The van der Waals surface area contributed by atoms with E-state index in [0.29, 0.717) is 11.7 Å². The minimum atomic E-state index is -0.416. The van der Waals surface area contributed by atoms with E-state index < -0.39 is 6.17 Å². The number of hydrogen-bond acceptors (Lipinski definition) is 4. The minimum absolute atomic E-state index is 0.416. The third kappa shape index (κ3) is 5.25. The Kier molecular flexibility index (Phi) is 7.23. The topological polar surface area (TPSA) is 54.8 Å². The van der Waals surface area contributed by atoms with E-state index in [0.717, 1.165) is 71.9 Å². The normalized spacial score (nSPS) is 14.4. The summed E-state index contributed by atoms with van der Waals surface area (Å²) in [5.74, 6) is 1.36. The first-order valence-electron chi connectivity index (χ1n) is 19.7. The van der Waals surface area contributed by atoms with Crippen molar-refractivity contribution in [2.75, 3.05) is 0 Å². The van der Waals surface area contributed by atoms with Gasteiger partial charge >= 0.3 is 0 Å². The summed E-state index contributed by atoms with van der Waals surface area (Å²) in [6, 6.07) is 68.7. The molecule has 0 spiro atoms. The molecule has 0 saturated carbocycles. The maximum Gasteiger partial charge on any atom is 0.159 e. The van der Waals surface area contributed by atoms with Crippen LogP contribution in [0.1, 0.15) is 22.9 Å². The van der Waals surface area contributed by atoms with Crippen LogP contribution < -0.4 is 5.32 Å². The second kappa shape index (κ2) is 12.9. The molecule has 5 heteroatoms. The molecule has 0 amide bonds. The Hall–Kier alpha value is -7.76. The highest BCUT2D eigenvalue weighted by Crippen LogP contribution is 2.39. The van der Waals surface area contributed by atoms with E-state index in [-0.39, 0.29) is 0 Å². The van der Waals surface area contributed by atoms with Crippen molar-refractivity contribution in [1.29, 1.82) is 0 Å². The molecule has 9 aromatic carbocycles. The van der Waals surface area contributed by atoms with Gasteiger partial charge in [-0.25, -0.2) is 9.98 Å². The van der Waals surface area contributed by atoms with Crippen molar-refractivity contribution in [3.05, 3.63) is 211 Å². The van der Waals surface area contributed by atoms with E-state index in [9.17, 15) is 0 Å². The number of aromatic nitrogens is 1. The summed E-state index contributed by atoms with van der Waals surface area (Å²) in [6.45, 7) is 0. The van der Waals surface area contributed by atoms with Crippen molar-refractivity contribution < 1.29 is 4.42 Å². The van der Waals surface area contributed by atoms with Crippen LogP contribution in [-0.2, 0) is 0 Å². The van der Waals surface area contributed by atoms with Gasteiger partial charge in [0.1, 0.15) is 23.2 Å². The third-order valence-electron chi connectivity index (χ3n) is 11.6. The zero-order valence-corrected chi connectivity index (χ0v) is 31.3. The van der Waals surface area contributed by atoms with E-state index in [4.69, 9.17) is 14.4 Å². The molecule has 2 aromatic heterocycles. The highest BCUT2D eigenvalue weighted by molar-refractivity contribution is 6.21. The molecule has 1 unspecified atom stereocenters. The molecule has 272 valence electrons. The van der Waals surface area contributed by atoms with Gasteiger partial charge in [-0.15, -0.1) is 0 Å². The fourth-order valence-corrected chi connectivity index (χ4v) is 8.78. The maximum atomic E-state index is 6.79. The molecule has 12 rings (SSSR count). The zero-order chi connectivity index (χ0) is 38.2. The molecular formula is C53H34N4O. The van der Waals surface area contributed by atoms with Crippen LogP contribution >= 0.6 is 0 Å². The van der Waals surface area contributed by atoms with Gasteiger partial charge in [-0.1, -0.05) is 146 Å². The van der Waals surface area contributed by atoms with Crippen LogP contribution in [0.2, 0.25) is 0 Å². The molecule has 1 aliphatic rings. The lowest BCUT2D eigenvalue weighted by molar-refractivity contribution is 0.659. The van der Waals surface area contributed by atoms with Crippen LogP contribution in [-0.4, -0.2) is 16.2 Å². The Balaban J connectivity index is 1.11. The van der Waals surface area contributed by atoms with Crippen LogP contribution in [0.5, 0.6) is 0 Å². The molecule has 0 aliphatic carbocycles. The Labute approximate surface area is 333 Å². The van der Waals surface area contributed by atoms with Crippen LogP contribution in [0.25, 0.3) is 82.1 Å². The van der Waals surface area contributed by atoms with Crippen molar-refractivity contribution >= 4 is 77.0 Å². The van der Waals surface area contributed by atoms with E-state index >= 15 is 0 Å². The molecule has 3 heterocycles. The lowest BCUT2D eigenvalue weighted by Crippen LogP contribution is -2.33. The van der Waals surface area contributed by atoms with Crippen molar-refractivity contribution in [2.24, 2.45) is 9.98 Å². The van der Waals surface area contributed by atoms with Crippen molar-refractivity contribution in [3.8, 4) is 16.8 Å². The quantitative estimate of drug-likeness (QED) is 0.191. The average molecular weight is 743 g/mol. The summed E-state index contributed by atoms with van der Waals surface area (Å²) in [5.41, 5.74) is 10.1. The maximum absolute atomic E-state index is 6.79. The van der Waals surface area contributed by atoms with Crippen LogP contribution in [0.3, 0.4) is 0 Å². The van der Waals surface area contributed by atoms with Crippen LogP contribution in [0.15, 0.2) is 209 Å². The summed E-state index contributed by atoms with van der Waals surface area (Å²) < 4.78 is 9.18. The number of nitrogens with zero attached hydrogens (tertiary/aromatic N) is 3. The molecule has 11 aromatic rings. The number of hydrogen-bond donors (Lipinski definition) is 1. The second-order valence-corrected chi connectivity index (χ2v) is 15.1. The highest BCUT2D eigenvalue weighted by atomic mass is 16.3. The summed E-state index contributed by atoms with van der Waals surface area (Å²) in [7, 11) is 0. The van der Waals surface area contributed by atoms with Crippen LogP contribution in [0, 0.1) is 0 Å². The average Bonchev–Trinajstić information content (AvgIpc) is 3.83. The molecule has 0 fully saturated rings.